The van der Waals surface area contributed by atoms with Gasteiger partial charge in [0, 0.05) is 12.1 Å². The number of hydrogen-bond acceptors (Lipinski definition) is 4. The topological polar surface area (TPSA) is 87.0 Å². The Balaban J connectivity index is 1.84. The van der Waals surface area contributed by atoms with Crippen molar-refractivity contribution in [3.05, 3.63) is 77.1 Å². The second kappa shape index (κ2) is 6.56. The van der Waals surface area contributed by atoms with Crippen molar-refractivity contribution >= 4 is 21.6 Å². The highest BCUT2D eigenvalue weighted by Crippen LogP contribution is 2.40. The number of amides is 1. The van der Waals surface area contributed by atoms with Gasteiger partial charge in [0.05, 0.1) is 10.9 Å². The first kappa shape index (κ1) is 19.4. The Hall–Kier alpha value is -2.93. The minimum atomic E-state index is -3.90. The van der Waals surface area contributed by atoms with Crippen LogP contribution in [0, 0.1) is 5.41 Å². The number of carbonyl (C=O) groups is 1. The molecule has 6 nitrogen and oxygen atoms in total. The summed E-state index contributed by atoms with van der Waals surface area (Å²) in [7, 11) is -3.90. The van der Waals surface area contributed by atoms with Gasteiger partial charge in [-0.1, -0.05) is 69.3 Å². The molecule has 4 rings (SSSR count). The monoisotopic (exact) mass is 410 g/mol. The SMILES string of the molecule is CC(C)(C)C1C(O)=C(C2=NS(=O)(=O)c3ccccc32)C(=O)N1Cc1ccccc1. The molecule has 29 heavy (non-hydrogen) atoms. The van der Waals surface area contributed by atoms with E-state index in [1.807, 2.05) is 51.1 Å². The zero-order valence-corrected chi connectivity index (χ0v) is 17.3. The van der Waals surface area contributed by atoms with Crippen LogP contribution >= 0.6 is 0 Å². The van der Waals surface area contributed by atoms with E-state index in [2.05, 4.69) is 4.40 Å². The van der Waals surface area contributed by atoms with Crippen LogP contribution in [-0.2, 0) is 21.4 Å². The normalized spacial score (nSPS) is 20.8. The van der Waals surface area contributed by atoms with Gasteiger partial charge in [-0.15, -0.1) is 0 Å². The van der Waals surface area contributed by atoms with Crippen molar-refractivity contribution in [1.29, 1.82) is 0 Å². The van der Waals surface area contributed by atoms with Crippen LogP contribution in [0.25, 0.3) is 0 Å². The van der Waals surface area contributed by atoms with Gasteiger partial charge < -0.3 is 10.0 Å². The van der Waals surface area contributed by atoms with Gasteiger partial charge in [0.2, 0.25) is 0 Å². The molecule has 0 aromatic heterocycles. The molecular weight excluding hydrogens is 388 g/mol. The molecule has 2 aromatic carbocycles. The molecule has 1 atom stereocenters. The first-order valence-electron chi connectivity index (χ1n) is 9.34. The molecule has 150 valence electrons. The van der Waals surface area contributed by atoms with E-state index in [4.69, 9.17) is 0 Å². The van der Waals surface area contributed by atoms with Crippen molar-refractivity contribution in [2.75, 3.05) is 0 Å². The zero-order valence-electron chi connectivity index (χ0n) is 16.5. The lowest BCUT2D eigenvalue weighted by molar-refractivity contribution is -0.129. The molecular formula is C22H22N2O4S. The van der Waals surface area contributed by atoms with Crippen LogP contribution in [0.1, 0.15) is 31.9 Å². The summed E-state index contributed by atoms with van der Waals surface area (Å²) in [6.45, 7) is 6.10. The van der Waals surface area contributed by atoms with Gasteiger partial charge in [-0.3, -0.25) is 4.79 Å². The van der Waals surface area contributed by atoms with Crippen LogP contribution in [0.2, 0.25) is 0 Å². The number of fused-ring (bicyclic) bond motifs is 1. The van der Waals surface area contributed by atoms with Gasteiger partial charge in [-0.05, 0) is 17.0 Å². The van der Waals surface area contributed by atoms with Crippen LogP contribution in [0.5, 0.6) is 0 Å². The molecule has 1 N–H and O–H groups in total. The molecule has 0 bridgehead atoms. The average molecular weight is 410 g/mol. The van der Waals surface area contributed by atoms with Gasteiger partial charge in [0.1, 0.15) is 17.0 Å². The van der Waals surface area contributed by atoms with Crippen molar-refractivity contribution in [2.45, 2.75) is 38.3 Å². The van der Waals surface area contributed by atoms with Crippen molar-refractivity contribution < 1.29 is 18.3 Å². The highest BCUT2D eigenvalue weighted by atomic mass is 32.2. The second-order valence-electron chi connectivity index (χ2n) is 8.36. The fourth-order valence-electron chi connectivity index (χ4n) is 3.98. The average Bonchev–Trinajstić information content (AvgIpc) is 3.06. The van der Waals surface area contributed by atoms with Crippen LogP contribution in [0.3, 0.4) is 0 Å². The Bertz CT molecular complexity index is 1160. The Labute approximate surface area is 170 Å². The Morgan fingerprint density at radius 1 is 1.03 bits per heavy atom. The predicted molar refractivity (Wildman–Crippen MR) is 110 cm³/mol. The van der Waals surface area contributed by atoms with E-state index < -0.39 is 27.4 Å². The minimum absolute atomic E-state index is 0.0212. The highest BCUT2D eigenvalue weighted by molar-refractivity contribution is 7.90. The van der Waals surface area contributed by atoms with E-state index in [1.165, 1.54) is 6.07 Å². The summed E-state index contributed by atoms with van der Waals surface area (Å²) < 4.78 is 28.8. The van der Waals surface area contributed by atoms with Crippen molar-refractivity contribution in [3.8, 4) is 0 Å². The van der Waals surface area contributed by atoms with E-state index >= 15 is 0 Å². The summed E-state index contributed by atoms with van der Waals surface area (Å²) in [5.41, 5.74) is 0.790. The third-order valence-electron chi connectivity index (χ3n) is 5.19. The Kier molecular flexibility index (Phi) is 4.38. The number of aliphatic hydroxyl groups excluding tert-OH is 1. The molecule has 1 amide bonds. The van der Waals surface area contributed by atoms with E-state index in [0.29, 0.717) is 12.1 Å². The lowest BCUT2D eigenvalue weighted by Gasteiger charge is -2.35. The number of benzene rings is 2. The Morgan fingerprint density at radius 3 is 2.31 bits per heavy atom. The van der Waals surface area contributed by atoms with Crippen molar-refractivity contribution in [2.24, 2.45) is 9.81 Å². The van der Waals surface area contributed by atoms with Gasteiger partial charge in [-0.2, -0.15) is 12.8 Å². The number of hydrogen-bond donors (Lipinski definition) is 1. The van der Waals surface area contributed by atoms with Crippen LogP contribution < -0.4 is 0 Å². The van der Waals surface area contributed by atoms with E-state index in [0.717, 1.165) is 5.56 Å². The molecule has 2 aliphatic heterocycles. The van der Waals surface area contributed by atoms with E-state index in [1.54, 1.807) is 23.1 Å². The predicted octanol–water partition coefficient (Wildman–Crippen LogP) is 3.45. The molecule has 0 fully saturated rings. The fraction of sp³-hybridized carbons (Fsp3) is 0.273. The Morgan fingerprint density at radius 2 is 1.66 bits per heavy atom. The third-order valence-corrected chi connectivity index (χ3v) is 6.52. The number of aliphatic hydroxyl groups is 1. The molecule has 0 aliphatic carbocycles. The summed E-state index contributed by atoms with van der Waals surface area (Å²) in [6.07, 6.45) is 0. The summed E-state index contributed by atoms with van der Waals surface area (Å²) in [6, 6.07) is 15.3. The first-order chi connectivity index (χ1) is 13.6. The molecule has 2 aromatic rings. The van der Waals surface area contributed by atoms with Crippen LogP contribution in [-0.4, -0.2) is 36.1 Å². The van der Waals surface area contributed by atoms with E-state index in [9.17, 15) is 18.3 Å². The summed E-state index contributed by atoms with van der Waals surface area (Å²) >= 11 is 0. The lowest BCUT2D eigenvalue weighted by Crippen LogP contribution is -2.43. The zero-order chi connectivity index (χ0) is 21.0. The smallest absolute Gasteiger partial charge is 0.283 e. The first-order valence-corrected chi connectivity index (χ1v) is 10.8. The summed E-state index contributed by atoms with van der Waals surface area (Å²) in [5.74, 6) is -0.555. The summed E-state index contributed by atoms with van der Waals surface area (Å²) in [4.78, 5) is 15.1. The molecule has 0 saturated carbocycles. The number of sulfonamides is 1. The standard InChI is InChI=1S/C22H22N2O4S/c1-22(2,3)20-19(25)17(21(26)24(20)13-14-9-5-4-6-10-14)18-15-11-7-8-12-16(15)29(27,28)23-18/h4-12,20,25H,13H2,1-3H3. The minimum Gasteiger partial charge on any atom is -0.509 e. The van der Waals surface area contributed by atoms with Gasteiger partial charge >= 0.3 is 0 Å². The molecule has 1 unspecified atom stereocenters. The maximum Gasteiger partial charge on any atom is 0.283 e. The van der Waals surface area contributed by atoms with Gasteiger partial charge in [-0.25, -0.2) is 0 Å². The highest BCUT2D eigenvalue weighted by Gasteiger charge is 2.48. The van der Waals surface area contributed by atoms with Gasteiger partial charge in [0.25, 0.3) is 15.9 Å². The largest absolute Gasteiger partial charge is 0.509 e. The maximum atomic E-state index is 13.4. The second-order valence-corrected chi connectivity index (χ2v) is 9.93. The summed E-state index contributed by atoms with van der Waals surface area (Å²) in [5, 5.41) is 11.1. The molecule has 2 aliphatic rings. The molecule has 0 saturated heterocycles. The van der Waals surface area contributed by atoms with Crippen LogP contribution in [0.4, 0.5) is 0 Å². The fourth-order valence-corrected chi connectivity index (χ4v) is 5.21. The molecule has 0 radical (unpaired) electrons. The number of rotatable bonds is 3. The number of nitrogens with zero attached hydrogens (tertiary/aromatic N) is 2. The van der Waals surface area contributed by atoms with Crippen molar-refractivity contribution in [3.63, 3.8) is 0 Å². The number of carbonyl (C=O) groups excluding carboxylic acids is 1. The molecule has 7 heteroatoms. The lowest BCUT2D eigenvalue weighted by atomic mass is 9.84. The van der Waals surface area contributed by atoms with Gasteiger partial charge in [0.15, 0.2) is 0 Å². The quantitative estimate of drug-likeness (QED) is 0.840. The maximum absolute atomic E-state index is 13.4. The van der Waals surface area contributed by atoms with Crippen molar-refractivity contribution in [1.82, 2.24) is 4.90 Å². The third kappa shape index (κ3) is 3.15. The molecule has 0 spiro atoms. The molecule has 2 heterocycles. The van der Waals surface area contributed by atoms with E-state index in [-0.39, 0.29) is 21.9 Å². The van der Waals surface area contributed by atoms with Crippen LogP contribution in [0.15, 0.2) is 75.2 Å².